The SMILES string of the molecule is NCCCCCCC(OC1CCCCO1)(C(=O)O)C(=O)O. The first kappa shape index (κ1) is 17.9. The van der Waals surface area contributed by atoms with E-state index in [0.29, 0.717) is 26.0 Å². The third-order valence-corrected chi connectivity index (χ3v) is 3.64. The molecular formula is C14H25NO6. The van der Waals surface area contributed by atoms with Crippen LogP contribution in [0.5, 0.6) is 0 Å². The van der Waals surface area contributed by atoms with E-state index < -0.39 is 23.8 Å². The van der Waals surface area contributed by atoms with Crippen molar-refractivity contribution in [2.45, 2.75) is 63.3 Å². The molecule has 1 rings (SSSR count). The van der Waals surface area contributed by atoms with E-state index in [1.165, 1.54) is 0 Å². The van der Waals surface area contributed by atoms with Crippen molar-refractivity contribution in [1.29, 1.82) is 0 Å². The molecule has 0 amide bonds. The number of carbonyl (C=O) groups is 2. The Labute approximate surface area is 124 Å². The Morgan fingerprint density at radius 1 is 1.14 bits per heavy atom. The van der Waals surface area contributed by atoms with Gasteiger partial charge in [-0.1, -0.05) is 12.8 Å². The zero-order valence-corrected chi connectivity index (χ0v) is 12.3. The number of aliphatic carboxylic acids is 2. The fourth-order valence-corrected chi connectivity index (χ4v) is 2.37. The van der Waals surface area contributed by atoms with Gasteiger partial charge in [0.15, 0.2) is 6.29 Å². The summed E-state index contributed by atoms with van der Waals surface area (Å²) in [5.74, 6) is -2.94. The third-order valence-electron chi connectivity index (χ3n) is 3.64. The Hall–Kier alpha value is -1.18. The van der Waals surface area contributed by atoms with Crippen molar-refractivity contribution in [1.82, 2.24) is 0 Å². The summed E-state index contributed by atoms with van der Waals surface area (Å²) in [5, 5.41) is 18.7. The maximum absolute atomic E-state index is 11.5. The molecular weight excluding hydrogens is 278 g/mol. The lowest BCUT2D eigenvalue weighted by molar-refractivity contribution is -0.238. The predicted molar refractivity (Wildman–Crippen MR) is 74.8 cm³/mol. The minimum atomic E-state index is -2.22. The van der Waals surface area contributed by atoms with Gasteiger partial charge in [0.2, 0.25) is 0 Å². The zero-order chi connectivity index (χ0) is 15.7. The van der Waals surface area contributed by atoms with Crippen LogP contribution in [0, 0.1) is 0 Å². The van der Waals surface area contributed by atoms with Crippen molar-refractivity contribution in [2.24, 2.45) is 5.73 Å². The van der Waals surface area contributed by atoms with Crippen molar-refractivity contribution in [3.63, 3.8) is 0 Å². The zero-order valence-electron chi connectivity index (χ0n) is 12.3. The quantitative estimate of drug-likeness (QED) is 0.411. The molecule has 0 saturated carbocycles. The number of ether oxygens (including phenoxy) is 2. The molecule has 0 radical (unpaired) electrons. The van der Waals surface area contributed by atoms with Gasteiger partial charge in [-0.2, -0.15) is 0 Å². The molecule has 1 aliphatic heterocycles. The van der Waals surface area contributed by atoms with Gasteiger partial charge in [-0.15, -0.1) is 0 Å². The van der Waals surface area contributed by atoms with E-state index in [1.54, 1.807) is 0 Å². The number of carboxylic acid groups (broad SMARTS) is 2. The first-order chi connectivity index (χ1) is 10.0. The molecule has 7 nitrogen and oxygen atoms in total. The summed E-state index contributed by atoms with van der Waals surface area (Å²) in [4.78, 5) is 23.0. The van der Waals surface area contributed by atoms with E-state index in [0.717, 1.165) is 32.1 Å². The van der Waals surface area contributed by atoms with Gasteiger partial charge >= 0.3 is 11.9 Å². The van der Waals surface area contributed by atoms with Crippen LogP contribution in [0.1, 0.15) is 51.4 Å². The fourth-order valence-electron chi connectivity index (χ4n) is 2.37. The molecule has 1 atom stereocenters. The highest BCUT2D eigenvalue weighted by Gasteiger charge is 2.49. The number of hydrogen-bond donors (Lipinski definition) is 3. The Morgan fingerprint density at radius 2 is 1.81 bits per heavy atom. The molecule has 1 heterocycles. The van der Waals surface area contributed by atoms with E-state index in [4.69, 9.17) is 15.2 Å². The van der Waals surface area contributed by atoms with Crippen molar-refractivity contribution in [3.8, 4) is 0 Å². The smallest absolute Gasteiger partial charge is 0.347 e. The molecule has 1 fully saturated rings. The van der Waals surface area contributed by atoms with E-state index in [2.05, 4.69) is 0 Å². The molecule has 0 aromatic rings. The first-order valence-electron chi connectivity index (χ1n) is 7.49. The molecule has 0 aliphatic carbocycles. The number of nitrogens with two attached hydrogens (primary N) is 1. The summed E-state index contributed by atoms with van der Waals surface area (Å²) in [6, 6.07) is 0. The topological polar surface area (TPSA) is 119 Å². The van der Waals surface area contributed by atoms with Crippen LogP contribution in [0.2, 0.25) is 0 Å². The van der Waals surface area contributed by atoms with Gasteiger partial charge < -0.3 is 25.4 Å². The predicted octanol–water partition coefficient (Wildman–Crippen LogP) is 1.35. The van der Waals surface area contributed by atoms with E-state index in [-0.39, 0.29) is 6.42 Å². The highest BCUT2D eigenvalue weighted by atomic mass is 16.7. The molecule has 0 bridgehead atoms. The molecule has 1 saturated heterocycles. The van der Waals surface area contributed by atoms with Gasteiger partial charge in [-0.25, -0.2) is 9.59 Å². The first-order valence-corrected chi connectivity index (χ1v) is 7.49. The van der Waals surface area contributed by atoms with Gasteiger partial charge in [0.1, 0.15) is 0 Å². The van der Waals surface area contributed by atoms with Crippen molar-refractivity contribution in [2.75, 3.05) is 13.2 Å². The number of carboxylic acids is 2. The Morgan fingerprint density at radius 3 is 2.33 bits per heavy atom. The van der Waals surface area contributed by atoms with Crippen molar-refractivity contribution >= 4 is 11.9 Å². The van der Waals surface area contributed by atoms with E-state index >= 15 is 0 Å². The monoisotopic (exact) mass is 303 g/mol. The van der Waals surface area contributed by atoms with Crippen LogP contribution in [0.15, 0.2) is 0 Å². The molecule has 122 valence electrons. The maximum atomic E-state index is 11.5. The highest BCUT2D eigenvalue weighted by Crippen LogP contribution is 2.27. The number of hydrogen-bond acceptors (Lipinski definition) is 5. The second-order valence-electron chi connectivity index (χ2n) is 5.30. The van der Waals surface area contributed by atoms with Crippen LogP contribution < -0.4 is 5.73 Å². The van der Waals surface area contributed by atoms with Crippen molar-refractivity contribution in [3.05, 3.63) is 0 Å². The van der Waals surface area contributed by atoms with Crippen molar-refractivity contribution < 1.29 is 29.3 Å². The van der Waals surface area contributed by atoms with Gasteiger partial charge in [0.25, 0.3) is 5.60 Å². The summed E-state index contributed by atoms with van der Waals surface area (Å²) in [7, 11) is 0. The number of unbranched alkanes of at least 4 members (excludes halogenated alkanes) is 3. The Balaban J connectivity index is 2.64. The summed E-state index contributed by atoms with van der Waals surface area (Å²) in [5.41, 5.74) is 3.17. The molecule has 4 N–H and O–H groups in total. The largest absolute Gasteiger partial charge is 0.479 e. The van der Waals surface area contributed by atoms with Crippen LogP contribution in [-0.2, 0) is 19.1 Å². The summed E-state index contributed by atoms with van der Waals surface area (Å²) < 4.78 is 10.7. The van der Waals surface area contributed by atoms with Crippen LogP contribution in [0.25, 0.3) is 0 Å². The average Bonchev–Trinajstić information content (AvgIpc) is 2.46. The minimum Gasteiger partial charge on any atom is -0.479 e. The summed E-state index contributed by atoms with van der Waals surface area (Å²) >= 11 is 0. The maximum Gasteiger partial charge on any atom is 0.347 e. The molecule has 0 spiro atoms. The molecule has 21 heavy (non-hydrogen) atoms. The van der Waals surface area contributed by atoms with Crippen LogP contribution in [0.3, 0.4) is 0 Å². The molecule has 1 unspecified atom stereocenters. The van der Waals surface area contributed by atoms with Gasteiger partial charge in [0.05, 0.1) is 0 Å². The lowest BCUT2D eigenvalue weighted by Gasteiger charge is -2.32. The van der Waals surface area contributed by atoms with E-state index in [9.17, 15) is 19.8 Å². The molecule has 1 aliphatic rings. The standard InChI is InChI=1S/C14H25NO6/c15-9-5-2-1-4-8-14(12(16)17,13(18)19)21-11-7-3-6-10-20-11/h11H,1-10,15H2,(H,16,17)(H,18,19). The lowest BCUT2D eigenvalue weighted by atomic mass is 9.95. The normalized spacial score (nSPS) is 19.4. The van der Waals surface area contributed by atoms with Crippen LogP contribution >= 0.6 is 0 Å². The van der Waals surface area contributed by atoms with Gasteiger partial charge in [-0.05, 0) is 45.1 Å². The van der Waals surface area contributed by atoms with Gasteiger partial charge in [-0.3, -0.25) is 0 Å². The average molecular weight is 303 g/mol. The summed E-state index contributed by atoms with van der Waals surface area (Å²) in [6.45, 7) is 1.05. The minimum absolute atomic E-state index is 0.0674. The molecule has 0 aromatic carbocycles. The second-order valence-corrected chi connectivity index (χ2v) is 5.30. The molecule has 7 heteroatoms. The Bertz CT molecular complexity index is 326. The fraction of sp³-hybridized carbons (Fsp3) is 0.857. The highest BCUT2D eigenvalue weighted by molar-refractivity contribution is 6.01. The van der Waals surface area contributed by atoms with Crippen LogP contribution in [0.4, 0.5) is 0 Å². The lowest BCUT2D eigenvalue weighted by Crippen LogP contribution is -2.52. The Kier molecular flexibility index (Phi) is 7.63. The second kappa shape index (κ2) is 8.96. The van der Waals surface area contributed by atoms with Crippen LogP contribution in [-0.4, -0.2) is 47.2 Å². The number of rotatable bonds is 10. The van der Waals surface area contributed by atoms with Gasteiger partial charge in [0, 0.05) is 6.61 Å². The third kappa shape index (κ3) is 5.26. The van der Waals surface area contributed by atoms with E-state index in [1.807, 2.05) is 0 Å². The summed E-state index contributed by atoms with van der Waals surface area (Å²) in [6.07, 6.45) is 4.32. The molecule has 0 aromatic heterocycles.